The maximum absolute atomic E-state index is 6.06. The van der Waals surface area contributed by atoms with E-state index in [4.69, 9.17) is 20.4 Å². The Morgan fingerprint density at radius 1 is 1.19 bits per heavy atom. The molecule has 2 aromatic heterocycles. The van der Waals surface area contributed by atoms with Crippen molar-refractivity contribution >= 4 is 17.6 Å². The molecule has 138 valence electrons. The fourth-order valence-electron chi connectivity index (χ4n) is 4.59. The van der Waals surface area contributed by atoms with Crippen LogP contribution in [0, 0.1) is 0 Å². The van der Waals surface area contributed by atoms with E-state index in [1.165, 1.54) is 0 Å². The number of aromatic nitrogens is 3. The van der Waals surface area contributed by atoms with E-state index in [0.29, 0.717) is 0 Å². The molecule has 2 aliphatic heterocycles. The minimum atomic E-state index is -0.294. The minimum absolute atomic E-state index is 0.294. The fraction of sp³-hybridized carbons (Fsp3) is 0.350. The molecule has 1 aliphatic carbocycles. The van der Waals surface area contributed by atoms with Gasteiger partial charge < -0.3 is 10.5 Å². The van der Waals surface area contributed by atoms with Crippen molar-refractivity contribution in [1.82, 2.24) is 19.4 Å². The van der Waals surface area contributed by atoms with Gasteiger partial charge in [-0.25, -0.2) is 4.98 Å². The highest BCUT2D eigenvalue weighted by Gasteiger charge is 2.61. The molecule has 7 heteroatoms. The van der Waals surface area contributed by atoms with Gasteiger partial charge in [0.1, 0.15) is 18.0 Å². The summed E-state index contributed by atoms with van der Waals surface area (Å²) in [6, 6.07) is 4.04. The molecule has 0 saturated carbocycles. The average molecular weight is 380 g/mol. The van der Waals surface area contributed by atoms with Crippen LogP contribution in [0.4, 0.5) is 5.82 Å². The number of morpholine rings is 1. The first-order chi connectivity index (χ1) is 13.2. The molecule has 0 radical (unpaired) electrons. The van der Waals surface area contributed by atoms with E-state index >= 15 is 0 Å². The van der Waals surface area contributed by atoms with Crippen LogP contribution in [-0.2, 0) is 10.3 Å². The number of quaternary nitrogens is 1. The van der Waals surface area contributed by atoms with Crippen LogP contribution in [0.15, 0.2) is 53.3 Å². The maximum Gasteiger partial charge on any atom is 0.246 e. The summed E-state index contributed by atoms with van der Waals surface area (Å²) in [7, 11) is 0. The van der Waals surface area contributed by atoms with Gasteiger partial charge in [0.15, 0.2) is 5.54 Å². The summed E-state index contributed by atoms with van der Waals surface area (Å²) in [5.74, 6) is 2.02. The third kappa shape index (κ3) is 2.25. The summed E-state index contributed by atoms with van der Waals surface area (Å²) in [5.41, 5.74) is 8.66. The van der Waals surface area contributed by atoms with E-state index in [-0.39, 0.29) is 5.54 Å². The van der Waals surface area contributed by atoms with Crippen molar-refractivity contribution in [3.63, 3.8) is 0 Å². The normalized spacial score (nSPS) is 25.1. The number of fused-ring (bicyclic) bond motifs is 5. The van der Waals surface area contributed by atoms with Crippen LogP contribution >= 0.6 is 11.8 Å². The lowest BCUT2D eigenvalue weighted by molar-refractivity contribution is 0.000613. The van der Waals surface area contributed by atoms with Gasteiger partial charge in [-0.15, -0.1) is 11.8 Å². The zero-order valence-corrected chi connectivity index (χ0v) is 16.1. The van der Waals surface area contributed by atoms with Gasteiger partial charge in [-0.05, 0) is 30.5 Å². The van der Waals surface area contributed by atoms with Gasteiger partial charge >= 0.3 is 0 Å². The van der Waals surface area contributed by atoms with Crippen molar-refractivity contribution in [2.45, 2.75) is 16.9 Å². The second-order valence-electron chi connectivity index (χ2n) is 7.18. The monoisotopic (exact) mass is 380 g/mol. The van der Waals surface area contributed by atoms with Crippen molar-refractivity contribution in [2.24, 2.45) is 5.73 Å². The van der Waals surface area contributed by atoms with Gasteiger partial charge in [-0.1, -0.05) is 6.08 Å². The molecular weight excluding hydrogens is 358 g/mol. The van der Waals surface area contributed by atoms with Gasteiger partial charge in [0, 0.05) is 30.1 Å². The molecule has 2 aromatic rings. The van der Waals surface area contributed by atoms with E-state index in [9.17, 15) is 0 Å². The van der Waals surface area contributed by atoms with Crippen LogP contribution in [0.1, 0.15) is 12.2 Å². The molecule has 1 saturated heterocycles. The molecule has 1 atom stereocenters. The summed E-state index contributed by atoms with van der Waals surface area (Å²) >= 11 is 1.72. The molecule has 27 heavy (non-hydrogen) atoms. The second-order valence-corrected chi connectivity index (χ2v) is 8.00. The summed E-state index contributed by atoms with van der Waals surface area (Å²) in [4.78, 5) is 15.5. The summed E-state index contributed by atoms with van der Waals surface area (Å²) < 4.78 is 6.51. The molecule has 0 amide bonds. The van der Waals surface area contributed by atoms with Crippen molar-refractivity contribution in [3.05, 3.63) is 54.3 Å². The Balaban J connectivity index is 1.77. The van der Waals surface area contributed by atoms with Crippen LogP contribution in [0.5, 0.6) is 0 Å². The molecule has 5 rings (SSSR count). The number of allylic oxidation sites excluding steroid dienone is 1. The lowest BCUT2D eigenvalue weighted by Crippen LogP contribution is -2.65. The summed E-state index contributed by atoms with van der Waals surface area (Å²) in [5, 5.41) is 0. The van der Waals surface area contributed by atoms with Crippen LogP contribution < -0.4 is 10.2 Å². The van der Waals surface area contributed by atoms with E-state index in [2.05, 4.69) is 23.4 Å². The maximum atomic E-state index is 6.06. The summed E-state index contributed by atoms with van der Waals surface area (Å²) in [6.45, 7) is 3.24. The van der Waals surface area contributed by atoms with Crippen molar-refractivity contribution < 1.29 is 4.74 Å². The highest BCUT2D eigenvalue weighted by molar-refractivity contribution is 7.98. The lowest BCUT2D eigenvalue weighted by Gasteiger charge is -2.48. The van der Waals surface area contributed by atoms with Gasteiger partial charge in [0.2, 0.25) is 11.6 Å². The summed E-state index contributed by atoms with van der Waals surface area (Å²) in [6.07, 6.45) is 12.9. The topological polar surface area (TPSA) is 73.9 Å². The minimum Gasteiger partial charge on any atom is -0.399 e. The first-order valence-electron chi connectivity index (χ1n) is 9.17. The molecule has 1 fully saturated rings. The Hall–Kier alpha value is -2.22. The first kappa shape index (κ1) is 16.9. The molecule has 2 N–H and O–H groups in total. The quantitative estimate of drug-likeness (QED) is 0.638. The third-order valence-corrected chi connectivity index (χ3v) is 6.78. The van der Waals surface area contributed by atoms with E-state index in [1.54, 1.807) is 11.8 Å². The zero-order valence-electron chi connectivity index (χ0n) is 15.3. The number of nitrogens with zero attached hydrogens (tertiary/aromatic N) is 4. The third-order valence-electron chi connectivity index (χ3n) is 6.00. The highest BCUT2D eigenvalue weighted by atomic mass is 32.2. The molecule has 0 aromatic carbocycles. The predicted octanol–water partition coefficient (Wildman–Crippen LogP) is 2.61. The van der Waals surface area contributed by atoms with Gasteiger partial charge in [-0.3, -0.25) is 9.47 Å². The number of nitrogens with two attached hydrogens (primary N) is 1. The molecule has 2 bridgehead atoms. The van der Waals surface area contributed by atoms with Crippen LogP contribution in [0.25, 0.3) is 11.3 Å². The van der Waals surface area contributed by atoms with Crippen LogP contribution in [0.3, 0.4) is 0 Å². The average Bonchev–Trinajstić information content (AvgIpc) is 2.91. The zero-order chi connectivity index (χ0) is 18.5. The second kappa shape index (κ2) is 6.15. The van der Waals surface area contributed by atoms with Crippen LogP contribution in [0.2, 0.25) is 0 Å². The number of thioether (sulfide) groups is 1. The Kier molecular flexibility index (Phi) is 3.86. The Bertz CT molecular complexity index is 952. The van der Waals surface area contributed by atoms with Crippen molar-refractivity contribution in [2.75, 3.05) is 32.6 Å². The Morgan fingerprint density at radius 2 is 1.96 bits per heavy atom. The standard InChI is InChI=1S/C20H22N5OS/c1-27-17-16(14-4-8-22-9-5-14)23-19-20(6-2-15(21)3-7-20)25(18(17)24-19)10-12-26-13-11-25/h2-6,8-9H,7,10-13,21H2,1H3/q+1. The number of ether oxygens (including phenoxy) is 1. The van der Waals surface area contributed by atoms with E-state index in [0.717, 1.165) is 70.7 Å². The van der Waals surface area contributed by atoms with E-state index < -0.39 is 0 Å². The number of hydrogen-bond acceptors (Lipinski definition) is 6. The predicted molar refractivity (Wildman–Crippen MR) is 107 cm³/mol. The van der Waals surface area contributed by atoms with Crippen molar-refractivity contribution in [3.8, 4) is 11.3 Å². The molecule has 4 heterocycles. The smallest absolute Gasteiger partial charge is 0.246 e. The first-order valence-corrected chi connectivity index (χ1v) is 10.4. The molecule has 1 unspecified atom stereocenters. The lowest BCUT2D eigenvalue weighted by atomic mass is 9.85. The van der Waals surface area contributed by atoms with Crippen LogP contribution in [-0.4, -0.2) is 47.5 Å². The molecule has 6 nitrogen and oxygen atoms in total. The fourth-order valence-corrected chi connectivity index (χ4v) is 5.35. The molecule has 3 aliphatic rings. The highest BCUT2D eigenvalue weighted by Crippen LogP contribution is 2.54. The van der Waals surface area contributed by atoms with Gasteiger partial charge in [-0.2, -0.15) is 4.98 Å². The van der Waals surface area contributed by atoms with Gasteiger partial charge in [0.25, 0.3) is 0 Å². The van der Waals surface area contributed by atoms with E-state index in [1.807, 2.05) is 30.6 Å². The van der Waals surface area contributed by atoms with Crippen molar-refractivity contribution in [1.29, 1.82) is 0 Å². The number of hydrogen-bond donors (Lipinski definition) is 1. The SMILES string of the molecule is CSc1c(-c2ccncc2)nc2nc1[N+]1(CCOCC1)C21C=CC(N)=CC1. The molecular formula is C20H22N5OS+. The van der Waals surface area contributed by atoms with Gasteiger partial charge in [0.05, 0.1) is 18.9 Å². The number of rotatable bonds is 2. The Labute approximate surface area is 162 Å². The number of pyridine rings is 1. The molecule has 2 spiro atoms. The Morgan fingerprint density at radius 3 is 2.63 bits per heavy atom. The largest absolute Gasteiger partial charge is 0.399 e.